The molecule has 1 aromatic heterocycles. The smallest absolute Gasteiger partial charge is 0.244 e. The Morgan fingerprint density at radius 3 is 2.41 bits per heavy atom. The van der Waals surface area contributed by atoms with E-state index < -0.39 is 22.1 Å². The third kappa shape index (κ3) is 4.82. The van der Waals surface area contributed by atoms with Crippen molar-refractivity contribution in [3.63, 3.8) is 0 Å². The fourth-order valence-corrected chi connectivity index (χ4v) is 4.66. The molecule has 1 aliphatic rings. The maximum absolute atomic E-state index is 13.3. The Labute approximate surface area is 187 Å². The number of nitrogens with one attached hydrogen (secondary N) is 1. The number of aromatic nitrogens is 2. The molecule has 0 bridgehead atoms. The van der Waals surface area contributed by atoms with Crippen molar-refractivity contribution in [2.75, 3.05) is 20.8 Å². The molecule has 0 radical (unpaired) electrons. The molecule has 0 saturated carbocycles. The Balaban J connectivity index is 1.64. The Kier molecular flexibility index (Phi) is 6.54. The molecule has 1 aliphatic heterocycles. The number of sulfonamides is 1. The SMILES string of the molecule is COC1C=CC(CNS(=O)(=O)c2cn(Cc3ccccc3)nc2-c2ccccc2)(OC)O1. The van der Waals surface area contributed by atoms with Crippen LogP contribution in [0.4, 0.5) is 0 Å². The number of nitrogens with zero attached hydrogens (tertiary/aromatic N) is 2. The third-order valence-electron chi connectivity index (χ3n) is 5.16. The molecule has 0 spiro atoms. The molecular formula is C23H25N3O5S. The van der Waals surface area contributed by atoms with Gasteiger partial charge < -0.3 is 14.2 Å². The molecule has 2 aromatic carbocycles. The van der Waals surface area contributed by atoms with Crippen molar-refractivity contribution >= 4 is 10.0 Å². The van der Waals surface area contributed by atoms with E-state index in [-0.39, 0.29) is 11.4 Å². The van der Waals surface area contributed by atoms with Crippen LogP contribution in [0, 0.1) is 0 Å². The molecule has 0 amide bonds. The molecule has 8 nitrogen and oxygen atoms in total. The van der Waals surface area contributed by atoms with E-state index in [2.05, 4.69) is 9.82 Å². The van der Waals surface area contributed by atoms with Crippen LogP contribution in [0.2, 0.25) is 0 Å². The lowest BCUT2D eigenvalue weighted by Gasteiger charge is -2.27. The Bertz CT molecular complexity index is 1180. The highest BCUT2D eigenvalue weighted by Crippen LogP contribution is 2.28. The van der Waals surface area contributed by atoms with E-state index in [1.165, 1.54) is 14.2 Å². The van der Waals surface area contributed by atoms with E-state index in [0.717, 1.165) is 5.56 Å². The van der Waals surface area contributed by atoms with Crippen LogP contribution in [-0.2, 0) is 30.8 Å². The zero-order valence-electron chi connectivity index (χ0n) is 17.8. The Morgan fingerprint density at radius 1 is 1.09 bits per heavy atom. The zero-order valence-corrected chi connectivity index (χ0v) is 18.7. The molecular weight excluding hydrogens is 430 g/mol. The molecule has 0 saturated heterocycles. The van der Waals surface area contributed by atoms with Crippen molar-refractivity contribution in [2.24, 2.45) is 0 Å². The van der Waals surface area contributed by atoms with Gasteiger partial charge in [-0.1, -0.05) is 60.7 Å². The van der Waals surface area contributed by atoms with Gasteiger partial charge in [0.1, 0.15) is 10.6 Å². The highest BCUT2D eigenvalue weighted by Gasteiger charge is 2.38. The Morgan fingerprint density at radius 2 is 1.78 bits per heavy atom. The second kappa shape index (κ2) is 9.35. The first-order valence-electron chi connectivity index (χ1n) is 10.1. The summed E-state index contributed by atoms with van der Waals surface area (Å²) in [7, 11) is -0.992. The van der Waals surface area contributed by atoms with E-state index in [4.69, 9.17) is 14.2 Å². The van der Waals surface area contributed by atoms with Gasteiger partial charge in [-0.2, -0.15) is 5.10 Å². The number of hydrogen-bond donors (Lipinski definition) is 1. The summed E-state index contributed by atoms with van der Waals surface area (Å²) in [6, 6.07) is 19.0. The number of methoxy groups -OCH3 is 2. The topological polar surface area (TPSA) is 91.7 Å². The van der Waals surface area contributed by atoms with Crippen molar-refractivity contribution in [1.29, 1.82) is 0 Å². The van der Waals surface area contributed by atoms with Gasteiger partial charge in [-0.05, 0) is 17.7 Å². The first-order chi connectivity index (χ1) is 15.4. The lowest BCUT2D eigenvalue weighted by molar-refractivity contribution is -0.237. The van der Waals surface area contributed by atoms with Gasteiger partial charge in [0.2, 0.25) is 15.8 Å². The van der Waals surface area contributed by atoms with Crippen LogP contribution < -0.4 is 4.72 Å². The highest BCUT2D eigenvalue weighted by molar-refractivity contribution is 7.89. The molecule has 1 N–H and O–H groups in total. The van der Waals surface area contributed by atoms with Gasteiger partial charge in [0.05, 0.1) is 13.1 Å². The molecule has 0 aliphatic carbocycles. The number of ether oxygens (including phenoxy) is 3. The van der Waals surface area contributed by atoms with Crippen molar-refractivity contribution < 1.29 is 22.6 Å². The molecule has 168 valence electrons. The van der Waals surface area contributed by atoms with E-state index >= 15 is 0 Å². The molecule has 0 fully saturated rings. The van der Waals surface area contributed by atoms with Crippen LogP contribution in [0.3, 0.4) is 0 Å². The number of rotatable bonds is 9. The van der Waals surface area contributed by atoms with Crippen LogP contribution in [0.15, 0.2) is 83.9 Å². The molecule has 2 heterocycles. The summed E-state index contributed by atoms with van der Waals surface area (Å²) < 4.78 is 47.1. The first kappa shape index (κ1) is 22.4. The van der Waals surface area contributed by atoms with Gasteiger partial charge in [0.25, 0.3) is 0 Å². The van der Waals surface area contributed by atoms with E-state index in [1.807, 2.05) is 60.7 Å². The minimum Gasteiger partial charge on any atom is -0.352 e. The molecule has 32 heavy (non-hydrogen) atoms. The average molecular weight is 456 g/mol. The second-order valence-electron chi connectivity index (χ2n) is 7.31. The lowest BCUT2D eigenvalue weighted by atomic mass is 10.2. The van der Waals surface area contributed by atoms with Crippen molar-refractivity contribution in [1.82, 2.24) is 14.5 Å². The number of benzene rings is 2. The van der Waals surface area contributed by atoms with Gasteiger partial charge >= 0.3 is 0 Å². The van der Waals surface area contributed by atoms with Gasteiger partial charge in [-0.3, -0.25) is 4.68 Å². The van der Waals surface area contributed by atoms with Gasteiger partial charge in [-0.15, -0.1) is 0 Å². The standard InChI is InChI=1S/C23H25N3O5S/c1-29-21-13-14-23(30-2,31-21)17-24-32(27,28)20-16-26(15-18-9-5-3-6-10-18)25-22(20)19-11-7-4-8-12-19/h3-14,16,21,24H,15,17H2,1-2H3. The predicted octanol–water partition coefficient (Wildman–Crippen LogP) is 2.78. The molecule has 2 atom stereocenters. The highest BCUT2D eigenvalue weighted by atomic mass is 32.2. The average Bonchev–Trinajstić information content (AvgIpc) is 3.45. The monoisotopic (exact) mass is 455 g/mol. The van der Waals surface area contributed by atoms with Gasteiger partial charge in [-0.25, -0.2) is 13.1 Å². The normalized spacial score (nSPS) is 20.6. The van der Waals surface area contributed by atoms with Crippen LogP contribution in [-0.4, -0.2) is 51.0 Å². The minimum atomic E-state index is -3.94. The molecule has 2 unspecified atom stereocenters. The van der Waals surface area contributed by atoms with E-state index in [9.17, 15) is 8.42 Å². The predicted molar refractivity (Wildman–Crippen MR) is 119 cm³/mol. The van der Waals surface area contributed by atoms with E-state index in [0.29, 0.717) is 17.8 Å². The van der Waals surface area contributed by atoms with Gasteiger partial charge in [0.15, 0.2) is 6.29 Å². The number of hydrogen-bond acceptors (Lipinski definition) is 6. The van der Waals surface area contributed by atoms with Gasteiger partial charge in [0, 0.05) is 26.0 Å². The molecule has 3 aromatic rings. The van der Waals surface area contributed by atoms with E-state index in [1.54, 1.807) is 23.0 Å². The first-order valence-corrected chi connectivity index (χ1v) is 11.5. The maximum Gasteiger partial charge on any atom is 0.244 e. The molecule has 4 rings (SSSR count). The quantitative estimate of drug-likeness (QED) is 0.499. The van der Waals surface area contributed by atoms with Crippen LogP contribution >= 0.6 is 0 Å². The van der Waals surface area contributed by atoms with Crippen LogP contribution in [0.5, 0.6) is 0 Å². The summed E-state index contributed by atoms with van der Waals surface area (Å²) in [4.78, 5) is 0.0798. The van der Waals surface area contributed by atoms with Crippen molar-refractivity contribution in [3.8, 4) is 11.3 Å². The lowest BCUT2D eigenvalue weighted by Crippen LogP contribution is -2.44. The van der Waals surface area contributed by atoms with Crippen LogP contribution in [0.1, 0.15) is 5.56 Å². The minimum absolute atomic E-state index is 0.0798. The summed E-state index contributed by atoms with van der Waals surface area (Å²) in [6.45, 7) is 0.319. The summed E-state index contributed by atoms with van der Waals surface area (Å²) >= 11 is 0. The summed E-state index contributed by atoms with van der Waals surface area (Å²) in [5.41, 5.74) is 2.09. The molecule has 9 heteroatoms. The second-order valence-corrected chi connectivity index (χ2v) is 9.05. The zero-order chi connectivity index (χ0) is 22.6. The van der Waals surface area contributed by atoms with Crippen molar-refractivity contribution in [2.45, 2.75) is 23.5 Å². The largest absolute Gasteiger partial charge is 0.352 e. The maximum atomic E-state index is 13.3. The third-order valence-corrected chi connectivity index (χ3v) is 6.56. The summed E-state index contributed by atoms with van der Waals surface area (Å²) in [5, 5.41) is 4.59. The fraction of sp³-hybridized carbons (Fsp3) is 0.261. The van der Waals surface area contributed by atoms with Crippen molar-refractivity contribution in [3.05, 3.63) is 84.6 Å². The fourth-order valence-electron chi connectivity index (χ4n) is 3.44. The van der Waals surface area contributed by atoms with Crippen LogP contribution in [0.25, 0.3) is 11.3 Å². The Hall–Kier alpha value is -2.82. The summed E-state index contributed by atoms with van der Waals surface area (Å²) in [6.07, 6.45) is 4.25. The summed E-state index contributed by atoms with van der Waals surface area (Å²) in [5.74, 6) is -1.25.